The fourth-order valence-electron chi connectivity index (χ4n) is 3.43. The molecule has 2 aromatic carbocycles. The summed E-state index contributed by atoms with van der Waals surface area (Å²) in [5, 5.41) is 1.26. The number of nitrogens with one attached hydrogen (secondary N) is 1. The molecule has 0 radical (unpaired) electrons. The molecule has 0 unspecified atom stereocenters. The van der Waals surface area contributed by atoms with Crippen LogP contribution in [0, 0.1) is 0 Å². The summed E-state index contributed by atoms with van der Waals surface area (Å²) < 4.78 is 172. The lowest BCUT2D eigenvalue weighted by atomic mass is 10.2. The molecule has 0 amide bonds. The monoisotopic (exact) mass is 822 g/mol. The van der Waals surface area contributed by atoms with Gasteiger partial charge >= 0.3 is 24.7 Å². The van der Waals surface area contributed by atoms with E-state index < -0.39 is 79.3 Å². The van der Waals surface area contributed by atoms with E-state index in [0.29, 0.717) is 27.5 Å². The van der Waals surface area contributed by atoms with Crippen molar-refractivity contribution in [3.05, 3.63) is 102 Å². The molecular formula is C27H20Cl2F12N6O4S. The molecule has 0 saturated carbocycles. The molecule has 0 spiro atoms. The summed E-state index contributed by atoms with van der Waals surface area (Å²) in [7, 11) is -1.84. The molecule has 3 N–H and O–H groups in total. The molecule has 0 bridgehead atoms. The summed E-state index contributed by atoms with van der Waals surface area (Å²) >= 11 is 11.2. The molecule has 0 aliphatic carbocycles. The summed E-state index contributed by atoms with van der Waals surface area (Å²) in [6.45, 7) is 0. The number of anilines is 3. The molecule has 0 atom stereocenters. The van der Waals surface area contributed by atoms with Gasteiger partial charge in [0, 0.05) is 32.5 Å². The van der Waals surface area contributed by atoms with E-state index >= 15 is 0 Å². The van der Waals surface area contributed by atoms with Crippen LogP contribution < -0.4 is 22.2 Å². The summed E-state index contributed by atoms with van der Waals surface area (Å²) in [5.41, 5.74) is -2.18. The third-order valence-corrected chi connectivity index (χ3v) is 7.71. The Kier molecular flexibility index (Phi) is 13.1. The predicted molar refractivity (Wildman–Crippen MR) is 163 cm³/mol. The zero-order valence-electron chi connectivity index (χ0n) is 25.8. The quantitative estimate of drug-likeness (QED) is 0.124. The molecule has 0 saturated heterocycles. The Balaban J connectivity index is 0.000000289. The molecule has 4 rings (SSSR count). The molecule has 10 nitrogen and oxygen atoms in total. The number of hydrogen-bond acceptors (Lipinski definition) is 8. The van der Waals surface area contributed by atoms with Crippen LogP contribution in [0.15, 0.2) is 63.3 Å². The van der Waals surface area contributed by atoms with Crippen LogP contribution in [-0.4, -0.2) is 33.8 Å². The van der Waals surface area contributed by atoms with E-state index in [2.05, 4.69) is 15.3 Å². The van der Waals surface area contributed by atoms with Crippen LogP contribution in [0.3, 0.4) is 0 Å². The maximum atomic E-state index is 12.7. The molecule has 286 valence electrons. The normalized spacial score (nSPS) is 12.3. The summed E-state index contributed by atoms with van der Waals surface area (Å²) in [5.74, 6) is -0.601. The first kappa shape index (κ1) is 43.7. The van der Waals surface area contributed by atoms with E-state index in [1.807, 2.05) is 0 Å². The number of halogens is 14. The first-order valence-electron chi connectivity index (χ1n) is 13.1. The first-order chi connectivity index (χ1) is 23.3. The summed E-state index contributed by atoms with van der Waals surface area (Å²) in [6, 6.07) is 5.59. The number of nitrogens with two attached hydrogens (primary N) is 1. The highest BCUT2D eigenvalue weighted by molar-refractivity contribution is 7.90. The summed E-state index contributed by atoms with van der Waals surface area (Å²) in [4.78, 5) is 28.8. The molecule has 52 heavy (non-hydrogen) atoms. The van der Waals surface area contributed by atoms with Gasteiger partial charge in [-0.3, -0.25) is 18.7 Å². The van der Waals surface area contributed by atoms with E-state index in [1.165, 1.54) is 0 Å². The number of aromatic nitrogens is 4. The van der Waals surface area contributed by atoms with Gasteiger partial charge in [0.2, 0.25) is 20.9 Å². The molecule has 25 heteroatoms. The van der Waals surface area contributed by atoms with Crippen LogP contribution in [0.1, 0.15) is 22.5 Å². The van der Waals surface area contributed by atoms with Crippen molar-refractivity contribution in [1.82, 2.24) is 19.1 Å². The van der Waals surface area contributed by atoms with Crippen molar-refractivity contribution < 1.29 is 61.1 Å². The standard InChI is InChI=1S/C13H8ClF6N3O.C7H5ClF3N.C7H7F3N2O3S/c1-23-10(24)5-9(13(18,19)20)22-11(23)21-8-4-6(12(15,16)17)2-3-7(8)14;8-5-2-1-4(3-6(5)12)7(9,10)11;1-12-5(13)3-4(7(8,9)10)11-6(12)16(2,14)15/h2-5H,1H3,(H,21,22);1-3H,12H2;3H,1-2H3. The van der Waals surface area contributed by atoms with Gasteiger partial charge in [-0.25, -0.2) is 18.4 Å². The SMILES string of the molecule is Cn1c(Nc2cc(C(F)(F)F)ccc2Cl)nc(C(F)(F)F)cc1=O.Cn1c(S(C)(=O)=O)nc(C(F)(F)F)cc1=O.Nc1cc(C(F)(F)F)ccc1Cl. The Morgan fingerprint density at radius 3 is 1.50 bits per heavy atom. The second-order valence-electron chi connectivity index (χ2n) is 10.0. The average Bonchev–Trinajstić information content (AvgIpc) is 2.97. The van der Waals surface area contributed by atoms with E-state index in [-0.39, 0.29) is 33.6 Å². The van der Waals surface area contributed by atoms with Gasteiger partial charge in [-0.2, -0.15) is 52.7 Å². The molecule has 4 aromatic rings. The predicted octanol–water partition coefficient (Wildman–Crippen LogP) is 7.36. The van der Waals surface area contributed by atoms with E-state index in [9.17, 15) is 70.7 Å². The van der Waals surface area contributed by atoms with Crippen molar-refractivity contribution in [3.8, 4) is 0 Å². The minimum atomic E-state index is -4.89. The van der Waals surface area contributed by atoms with Crippen LogP contribution in [0.4, 0.5) is 70.0 Å². The third-order valence-electron chi connectivity index (χ3n) is 6.00. The highest BCUT2D eigenvalue weighted by atomic mass is 35.5. The highest BCUT2D eigenvalue weighted by Gasteiger charge is 2.36. The maximum Gasteiger partial charge on any atom is 0.433 e. The molecule has 2 heterocycles. The lowest BCUT2D eigenvalue weighted by Crippen LogP contribution is -2.27. The molecule has 0 aliphatic heterocycles. The Hall–Kier alpha value is -4.51. The Bertz CT molecular complexity index is 2170. The molecule has 0 fully saturated rings. The number of sulfone groups is 1. The topological polar surface area (TPSA) is 142 Å². The zero-order valence-corrected chi connectivity index (χ0v) is 28.1. The third kappa shape index (κ3) is 11.8. The summed E-state index contributed by atoms with van der Waals surface area (Å²) in [6.07, 6.45) is -18.1. The van der Waals surface area contributed by atoms with Crippen LogP contribution in [0.25, 0.3) is 0 Å². The van der Waals surface area contributed by atoms with Gasteiger partial charge in [-0.1, -0.05) is 23.2 Å². The minimum absolute atomic E-state index is 0.0634. The fraction of sp³-hybridized carbons (Fsp3) is 0.259. The van der Waals surface area contributed by atoms with E-state index in [4.69, 9.17) is 28.9 Å². The van der Waals surface area contributed by atoms with Crippen molar-refractivity contribution in [2.45, 2.75) is 29.9 Å². The number of hydrogen-bond donors (Lipinski definition) is 2. The maximum absolute atomic E-state index is 12.7. The van der Waals surface area contributed by atoms with Crippen molar-refractivity contribution in [3.63, 3.8) is 0 Å². The number of nitrogen functional groups attached to an aromatic ring is 1. The lowest BCUT2D eigenvalue weighted by Gasteiger charge is -2.15. The zero-order chi connectivity index (χ0) is 40.4. The highest BCUT2D eigenvalue weighted by Crippen LogP contribution is 2.36. The van der Waals surface area contributed by atoms with Crippen molar-refractivity contribution in [2.75, 3.05) is 17.3 Å². The molecular weight excluding hydrogens is 803 g/mol. The van der Waals surface area contributed by atoms with Crippen LogP contribution in [0.2, 0.25) is 10.0 Å². The molecule has 0 aliphatic rings. The Morgan fingerprint density at radius 1 is 0.654 bits per heavy atom. The number of alkyl halides is 12. The second-order valence-corrected chi connectivity index (χ2v) is 12.7. The smallest absolute Gasteiger partial charge is 0.398 e. The lowest BCUT2D eigenvalue weighted by molar-refractivity contribution is -0.142. The van der Waals surface area contributed by atoms with Gasteiger partial charge in [0.25, 0.3) is 11.1 Å². The second kappa shape index (κ2) is 15.6. The van der Waals surface area contributed by atoms with Gasteiger partial charge in [0.15, 0.2) is 11.4 Å². The Morgan fingerprint density at radius 2 is 1.08 bits per heavy atom. The van der Waals surface area contributed by atoms with Gasteiger partial charge in [-0.05, 0) is 36.4 Å². The first-order valence-corrected chi connectivity index (χ1v) is 15.7. The van der Waals surface area contributed by atoms with Crippen LogP contribution in [0.5, 0.6) is 0 Å². The fourth-order valence-corrected chi connectivity index (χ4v) is 4.56. The van der Waals surface area contributed by atoms with Gasteiger partial charge in [0.05, 0.1) is 32.5 Å². The van der Waals surface area contributed by atoms with Crippen LogP contribution >= 0.6 is 23.2 Å². The van der Waals surface area contributed by atoms with Gasteiger partial charge in [-0.15, -0.1) is 0 Å². The van der Waals surface area contributed by atoms with Crippen molar-refractivity contribution >= 4 is 50.4 Å². The van der Waals surface area contributed by atoms with E-state index in [0.717, 1.165) is 38.4 Å². The largest absolute Gasteiger partial charge is 0.433 e. The van der Waals surface area contributed by atoms with Crippen molar-refractivity contribution in [1.29, 1.82) is 0 Å². The van der Waals surface area contributed by atoms with Crippen molar-refractivity contribution in [2.24, 2.45) is 14.1 Å². The molecule has 2 aromatic heterocycles. The number of rotatable bonds is 3. The van der Waals surface area contributed by atoms with Gasteiger partial charge in [0.1, 0.15) is 0 Å². The van der Waals surface area contributed by atoms with Gasteiger partial charge < -0.3 is 11.1 Å². The number of benzene rings is 2. The van der Waals surface area contributed by atoms with E-state index in [1.54, 1.807) is 0 Å². The Labute approximate surface area is 293 Å². The number of nitrogens with zero attached hydrogens (tertiary/aromatic N) is 4. The average molecular weight is 823 g/mol. The van der Waals surface area contributed by atoms with Crippen LogP contribution in [-0.2, 0) is 48.6 Å². The minimum Gasteiger partial charge on any atom is -0.398 e.